The number of halogens is 1. The molecule has 0 aliphatic carbocycles. The van der Waals surface area contributed by atoms with Gasteiger partial charge in [-0.3, -0.25) is 34.2 Å². The second kappa shape index (κ2) is 15.6. The summed E-state index contributed by atoms with van der Waals surface area (Å²) in [6.07, 6.45) is 1.55. The number of carbonyl (C=O) groups is 5. The Bertz CT molecular complexity index is 2310. The van der Waals surface area contributed by atoms with E-state index in [0.29, 0.717) is 60.1 Å². The van der Waals surface area contributed by atoms with Crippen LogP contribution in [0.15, 0.2) is 66.9 Å². The number of nitrogens with one attached hydrogen (secondary N) is 4. The number of hydrogen-bond donors (Lipinski definition) is 4. The molecule has 1 aromatic heterocycles. The molecule has 3 aliphatic rings. The molecule has 1 atom stereocenters. The van der Waals surface area contributed by atoms with Gasteiger partial charge < -0.3 is 35.1 Å². The molecule has 0 bridgehead atoms. The van der Waals surface area contributed by atoms with E-state index in [4.69, 9.17) is 16.3 Å². The Hall–Kier alpha value is -5.99. The van der Waals surface area contributed by atoms with Gasteiger partial charge in [0.15, 0.2) is 5.82 Å². The quantitative estimate of drug-likeness (QED) is 0.126. The SMILES string of the molecule is COc1cc(N2CCN(C(=O)CNc3cccc4c3C(=O)N(C3CCC(=O)NC3=O)C4=O)CC2)ccc1Nc1ncc(Cl)c(Nc2ccccc2P(C)(C)=O)n1. The lowest BCUT2D eigenvalue weighted by atomic mass is 10.0. The third-order valence-electron chi connectivity index (χ3n) is 9.81. The fraction of sp³-hybridized carbons (Fsp3) is 0.289. The Morgan fingerprint density at radius 3 is 2.43 bits per heavy atom. The number of amides is 5. The lowest BCUT2D eigenvalue weighted by Gasteiger charge is -2.36. The Balaban J connectivity index is 0.960. The number of piperidine rings is 1. The molecule has 3 aliphatic heterocycles. The molecule has 2 fully saturated rings. The average Bonchev–Trinajstić information content (AvgIpc) is 3.44. The maximum Gasteiger partial charge on any atom is 0.264 e. The fourth-order valence-corrected chi connectivity index (χ4v) is 8.24. The second-order valence-corrected chi connectivity index (χ2v) is 17.4. The van der Waals surface area contributed by atoms with Crippen LogP contribution >= 0.6 is 18.7 Å². The number of rotatable bonds is 11. The van der Waals surface area contributed by atoms with Crippen molar-refractivity contribution in [3.05, 3.63) is 83.0 Å². The number of benzene rings is 3. The molecule has 0 spiro atoms. The van der Waals surface area contributed by atoms with Crippen LogP contribution in [0.1, 0.15) is 33.6 Å². The Morgan fingerprint density at radius 2 is 1.70 bits per heavy atom. The highest BCUT2D eigenvalue weighted by molar-refractivity contribution is 7.70. The van der Waals surface area contributed by atoms with Crippen molar-refractivity contribution in [2.45, 2.75) is 18.9 Å². The van der Waals surface area contributed by atoms with Crippen molar-refractivity contribution in [1.29, 1.82) is 0 Å². The summed E-state index contributed by atoms with van der Waals surface area (Å²) in [6, 6.07) is 16.6. The van der Waals surface area contributed by atoms with Gasteiger partial charge in [-0.1, -0.05) is 29.8 Å². The summed E-state index contributed by atoms with van der Waals surface area (Å²) in [7, 11) is -1.02. The van der Waals surface area contributed by atoms with Gasteiger partial charge in [0, 0.05) is 55.3 Å². The van der Waals surface area contributed by atoms with E-state index in [0.717, 1.165) is 10.6 Å². The van der Waals surface area contributed by atoms with E-state index in [9.17, 15) is 28.5 Å². The molecule has 18 heteroatoms. The minimum absolute atomic E-state index is 0.0216. The van der Waals surface area contributed by atoms with Crippen molar-refractivity contribution in [2.24, 2.45) is 0 Å². The monoisotopic (exact) mass is 799 g/mol. The zero-order chi connectivity index (χ0) is 39.7. The van der Waals surface area contributed by atoms with E-state index in [1.54, 1.807) is 37.5 Å². The molecule has 16 nitrogen and oxygen atoms in total. The molecule has 7 rings (SSSR count). The van der Waals surface area contributed by atoms with Gasteiger partial charge in [0.1, 0.15) is 24.0 Å². The van der Waals surface area contributed by atoms with Crippen LogP contribution in [-0.4, -0.2) is 109 Å². The van der Waals surface area contributed by atoms with E-state index in [1.807, 2.05) is 42.5 Å². The Morgan fingerprint density at radius 1 is 0.946 bits per heavy atom. The third-order valence-corrected chi connectivity index (χ3v) is 11.6. The van der Waals surface area contributed by atoms with E-state index in [2.05, 4.69) is 36.1 Å². The molecule has 2 saturated heterocycles. The van der Waals surface area contributed by atoms with Gasteiger partial charge in [-0.15, -0.1) is 0 Å². The zero-order valence-corrected chi connectivity index (χ0v) is 32.4. The highest BCUT2D eigenvalue weighted by Gasteiger charge is 2.45. The maximum atomic E-state index is 13.4. The number of ether oxygens (including phenoxy) is 1. The largest absolute Gasteiger partial charge is 0.494 e. The number of carbonyl (C=O) groups excluding carboxylic acids is 5. The summed E-state index contributed by atoms with van der Waals surface area (Å²) < 4.78 is 18.6. The topological polar surface area (TPSA) is 195 Å². The maximum absolute atomic E-state index is 13.4. The van der Waals surface area contributed by atoms with Gasteiger partial charge in [0.05, 0.1) is 42.4 Å². The summed E-state index contributed by atoms with van der Waals surface area (Å²) >= 11 is 6.44. The number of anilines is 6. The molecule has 3 aromatic carbocycles. The molecule has 5 amide bonds. The summed E-state index contributed by atoms with van der Waals surface area (Å²) in [4.78, 5) is 77.6. The molecular weight excluding hydrogens is 761 g/mol. The second-order valence-electron chi connectivity index (χ2n) is 13.8. The molecule has 56 heavy (non-hydrogen) atoms. The first-order valence-electron chi connectivity index (χ1n) is 17.8. The minimum Gasteiger partial charge on any atom is -0.494 e. The van der Waals surface area contributed by atoms with Crippen LogP contribution < -0.4 is 36.2 Å². The molecule has 1 unspecified atom stereocenters. The first kappa shape index (κ1) is 38.3. The molecule has 290 valence electrons. The van der Waals surface area contributed by atoms with Crippen LogP contribution in [0.25, 0.3) is 0 Å². The Kier molecular flexibility index (Phi) is 10.7. The van der Waals surface area contributed by atoms with Crippen molar-refractivity contribution in [3.63, 3.8) is 0 Å². The lowest BCUT2D eigenvalue weighted by Crippen LogP contribution is -2.54. The minimum atomic E-state index is -2.58. The number of nitrogens with zero attached hydrogens (tertiary/aromatic N) is 5. The number of methoxy groups -OCH3 is 1. The number of hydrogen-bond acceptors (Lipinski definition) is 13. The van der Waals surface area contributed by atoms with Crippen LogP contribution in [0, 0.1) is 0 Å². The van der Waals surface area contributed by atoms with Crippen molar-refractivity contribution in [2.75, 3.05) is 74.0 Å². The summed E-state index contributed by atoms with van der Waals surface area (Å²) in [6.45, 7) is 5.28. The van der Waals surface area contributed by atoms with Gasteiger partial charge in [0.25, 0.3) is 11.8 Å². The highest BCUT2D eigenvalue weighted by Crippen LogP contribution is 2.39. The predicted molar refractivity (Wildman–Crippen MR) is 213 cm³/mol. The van der Waals surface area contributed by atoms with E-state index >= 15 is 0 Å². The number of aromatic nitrogens is 2. The number of imide groups is 2. The predicted octanol–water partition coefficient (Wildman–Crippen LogP) is 4.04. The highest BCUT2D eigenvalue weighted by atomic mass is 35.5. The van der Waals surface area contributed by atoms with Crippen LogP contribution in [0.3, 0.4) is 0 Å². The summed E-state index contributed by atoms with van der Waals surface area (Å²) in [5, 5.41) is 12.6. The number of fused-ring (bicyclic) bond motifs is 1. The van der Waals surface area contributed by atoms with Crippen LogP contribution in [-0.2, 0) is 18.9 Å². The van der Waals surface area contributed by atoms with Crippen LogP contribution in [0.2, 0.25) is 5.02 Å². The van der Waals surface area contributed by atoms with E-state index in [-0.39, 0.29) is 47.4 Å². The first-order valence-corrected chi connectivity index (χ1v) is 20.8. The number of para-hydroxylation sites is 1. The first-order chi connectivity index (χ1) is 26.8. The lowest BCUT2D eigenvalue weighted by molar-refractivity contribution is -0.136. The Labute approximate surface area is 327 Å². The summed E-state index contributed by atoms with van der Waals surface area (Å²) in [5.41, 5.74) is 2.69. The van der Waals surface area contributed by atoms with E-state index < -0.39 is 36.8 Å². The van der Waals surface area contributed by atoms with Crippen LogP contribution in [0.4, 0.5) is 34.5 Å². The molecular formula is C38H39ClN9O7P. The normalized spacial score (nSPS) is 17.1. The number of piperazine rings is 1. The fourth-order valence-electron chi connectivity index (χ4n) is 6.95. The molecule has 0 saturated carbocycles. The van der Waals surface area contributed by atoms with Gasteiger partial charge in [0.2, 0.25) is 23.7 Å². The van der Waals surface area contributed by atoms with Gasteiger partial charge in [-0.05, 0) is 56.1 Å². The van der Waals surface area contributed by atoms with Crippen LogP contribution in [0.5, 0.6) is 5.75 Å². The van der Waals surface area contributed by atoms with Gasteiger partial charge in [-0.25, -0.2) is 4.98 Å². The molecule has 4 aromatic rings. The third kappa shape index (κ3) is 7.75. The molecule has 0 radical (unpaired) electrons. The molecule has 4 N–H and O–H groups in total. The van der Waals surface area contributed by atoms with Crippen molar-refractivity contribution < 1.29 is 33.3 Å². The summed E-state index contributed by atoms with van der Waals surface area (Å²) in [5.74, 6) is -1.43. The van der Waals surface area contributed by atoms with Crippen molar-refractivity contribution in [1.82, 2.24) is 25.1 Å². The van der Waals surface area contributed by atoms with Gasteiger partial charge >= 0.3 is 0 Å². The molecule has 4 heterocycles. The standard InChI is InChI=1S/C38H39ClN9O7P/c1-55-29-19-22(11-12-25(29)43-38-41-20-24(39)34(45-38)42-26-8-4-5-10-30(26)56(2,3)54)46-15-17-47(18-16-46)32(50)21-40-27-9-6-7-23-33(27)37(53)48(36(23)52)28-13-14-31(49)44-35(28)51/h4-12,19-20,28,40H,13-18,21H2,1-3H3,(H,44,49,51)(H2,41,42,43,45). The van der Waals surface area contributed by atoms with Gasteiger partial charge in [-0.2, -0.15) is 4.98 Å². The van der Waals surface area contributed by atoms with E-state index in [1.165, 1.54) is 12.3 Å². The van der Waals surface area contributed by atoms with Crippen molar-refractivity contribution >= 4 is 88.1 Å². The smallest absolute Gasteiger partial charge is 0.264 e. The zero-order valence-electron chi connectivity index (χ0n) is 30.8. The van der Waals surface area contributed by atoms with Crippen molar-refractivity contribution in [3.8, 4) is 5.75 Å². The average molecular weight is 800 g/mol.